The van der Waals surface area contributed by atoms with E-state index in [0.29, 0.717) is 6.42 Å². The molecule has 2 aliphatic rings. The van der Waals surface area contributed by atoms with Crippen LogP contribution in [0.25, 0.3) is 0 Å². The molecule has 2 heterocycles. The second kappa shape index (κ2) is 21.1. The molecule has 0 bridgehead atoms. The van der Waals surface area contributed by atoms with Gasteiger partial charge in [0.1, 0.15) is 42.3 Å². The Bertz CT molecular complexity index is 1640. The predicted octanol–water partition coefficient (Wildman–Crippen LogP) is -7.65. The highest BCUT2D eigenvalue weighted by molar-refractivity contribution is 6.00. The maximum absolute atomic E-state index is 13.7. The van der Waals surface area contributed by atoms with Crippen molar-refractivity contribution in [3.8, 4) is 0 Å². The van der Waals surface area contributed by atoms with Crippen LogP contribution in [0.1, 0.15) is 65.2 Å². The standard InChI is InChI=1S/C32H50N12O13/c1-13(38-26(50)16(10-22(35)46)40-28(52)19-5-3-7-43(19)30(54)15(33)9-21(34)45)25(49)42-18(12-24(37)48)31(55)44-8-4-6-20(44)29(53)41-17(11-23(36)47)27(51)39-14(2)32(56)57/h13-20H,3-12,33H2,1-2H3,(H2,34,45)(H2,35,46)(H2,36,47)(H2,37,48)(H,38,50)(H,39,51)(H,40,52)(H,41,53)(H,42,49)(H,56,57)/t13-,14-,15-,16-,17-,18-,19-,20-/m0/s1. The molecule has 0 radical (unpaired) electrons. The van der Waals surface area contributed by atoms with Gasteiger partial charge in [-0.3, -0.25) is 57.5 Å². The van der Waals surface area contributed by atoms with E-state index in [4.69, 9.17) is 33.8 Å². The number of carboxylic acid groups (broad SMARTS) is 1. The van der Waals surface area contributed by atoms with E-state index >= 15 is 0 Å². The molecule has 11 amide bonds. The van der Waals surface area contributed by atoms with Gasteiger partial charge in [-0.25, -0.2) is 0 Å². The molecule has 0 saturated carbocycles. The molecular formula is C32H50N12O13. The van der Waals surface area contributed by atoms with Crippen LogP contribution in [0.15, 0.2) is 0 Å². The van der Waals surface area contributed by atoms with E-state index in [0.717, 1.165) is 16.7 Å². The Morgan fingerprint density at radius 3 is 1.33 bits per heavy atom. The summed E-state index contributed by atoms with van der Waals surface area (Å²) in [6.45, 7) is 2.34. The minimum absolute atomic E-state index is 0.0393. The number of aliphatic carboxylic acids is 1. The number of nitrogens with two attached hydrogens (primary N) is 5. The van der Waals surface area contributed by atoms with Gasteiger partial charge in [0.25, 0.3) is 0 Å². The average molecular weight is 811 g/mol. The number of primary amides is 4. The molecule has 2 fully saturated rings. The first-order valence-corrected chi connectivity index (χ1v) is 17.8. The maximum atomic E-state index is 13.7. The molecule has 0 unspecified atom stereocenters. The first-order chi connectivity index (χ1) is 26.5. The summed E-state index contributed by atoms with van der Waals surface area (Å²) >= 11 is 0. The van der Waals surface area contributed by atoms with Crippen molar-refractivity contribution in [2.45, 2.75) is 114 Å². The van der Waals surface area contributed by atoms with E-state index in [1.165, 1.54) is 6.92 Å². The van der Waals surface area contributed by atoms with Crippen LogP contribution in [0.2, 0.25) is 0 Å². The lowest BCUT2D eigenvalue weighted by Crippen LogP contribution is -2.60. The molecule has 25 nitrogen and oxygen atoms in total. The summed E-state index contributed by atoms with van der Waals surface area (Å²) in [7, 11) is 0. The van der Waals surface area contributed by atoms with Crippen LogP contribution in [0, 0.1) is 0 Å². The molecule has 0 aliphatic carbocycles. The molecule has 0 aromatic heterocycles. The van der Waals surface area contributed by atoms with E-state index in [-0.39, 0.29) is 32.4 Å². The number of likely N-dealkylation sites (tertiary alicyclic amines) is 2. The molecule has 8 atom stereocenters. The molecule has 25 heteroatoms. The maximum Gasteiger partial charge on any atom is 0.325 e. The van der Waals surface area contributed by atoms with Gasteiger partial charge in [-0.15, -0.1) is 0 Å². The summed E-state index contributed by atoms with van der Waals surface area (Å²) in [5.74, 6) is -12.0. The predicted molar refractivity (Wildman–Crippen MR) is 191 cm³/mol. The quantitative estimate of drug-likeness (QED) is 0.0513. The summed E-state index contributed by atoms with van der Waals surface area (Å²) in [6.07, 6.45) is -1.91. The third-order valence-electron chi connectivity index (χ3n) is 8.99. The lowest BCUT2D eigenvalue weighted by molar-refractivity contribution is -0.144. The van der Waals surface area contributed by atoms with Crippen molar-refractivity contribution in [3.05, 3.63) is 0 Å². The van der Waals surface area contributed by atoms with Gasteiger partial charge < -0.3 is 70.2 Å². The average Bonchev–Trinajstić information content (AvgIpc) is 3.80. The van der Waals surface area contributed by atoms with Crippen molar-refractivity contribution >= 4 is 70.9 Å². The number of hydrogen-bond acceptors (Lipinski definition) is 13. The van der Waals surface area contributed by atoms with Crippen LogP contribution in [0.5, 0.6) is 0 Å². The first-order valence-electron chi connectivity index (χ1n) is 17.8. The van der Waals surface area contributed by atoms with Crippen LogP contribution in [0.3, 0.4) is 0 Å². The van der Waals surface area contributed by atoms with Gasteiger partial charge in [-0.2, -0.15) is 0 Å². The molecule has 0 spiro atoms. The number of carboxylic acids is 1. The molecule has 2 saturated heterocycles. The minimum atomic E-state index is -1.68. The number of amides is 11. The second-order valence-electron chi connectivity index (χ2n) is 13.6. The Morgan fingerprint density at radius 2 is 0.930 bits per heavy atom. The number of nitrogens with zero attached hydrogens (tertiary/aromatic N) is 2. The highest BCUT2D eigenvalue weighted by atomic mass is 16.4. The van der Waals surface area contributed by atoms with Gasteiger partial charge in [0, 0.05) is 13.1 Å². The van der Waals surface area contributed by atoms with Crippen molar-refractivity contribution in [2.75, 3.05) is 13.1 Å². The minimum Gasteiger partial charge on any atom is -0.480 e. The Morgan fingerprint density at radius 1 is 0.544 bits per heavy atom. The first kappa shape index (κ1) is 46.8. The number of rotatable bonds is 21. The Hall–Kier alpha value is -6.40. The lowest BCUT2D eigenvalue weighted by atomic mass is 10.1. The summed E-state index contributed by atoms with van der Waals surface area (Å²) in [5, 5.41) is 20.4. The van der Waals surface area contributed by atoms with E-state index in [9.17, 15) is 57.5 Å². The van der Waals surface area contributed by atoms with Gasteiger partial charge in [0.15, 0.2) is 0 Å². The summed E-state index contributed by atoms with van der Waals surface area (Å²) < 4.78 is 0. The van der Waals surface area contributed by atoms with Crippen LogP contribution >= 0.6 is 0 Å². The van der Waals surface area contributed by atoms with Crippen molar-refractivity contribution in [1.29, 1.82) is 0 Å². The smallest absolute Gasteiger partial charge is 0.325 e. The summed E-state index contributed by atoms with van der Waals surface area (Å²) in [6, 6.07) is -11.6. The number of hydrogen-bond donors (Lipinski definition) is 11. The fourth-order valence-corrected chi connectivity index (χ4v) is 6.13. The SMILES string of the molecule is C[C@H](NC(=O)[C@H](CC(N)=O)NC(=O)[C@@H]1CCCN1C(=O)[C@H](CC(N)=O)NC(=O)[C@H](C)NC(=O)[C@H](CC(N)=O)NC(=O)[C@@H]1CCCN1C(=O)[C@@H](N)CC(N)=O)C(=O)O. The van der Waals surface area contributed by atoms with E-state index in [2.05, 4.69) is 26.6 Å². The molecule has 2 aliphatic heterocycles. The van der Waals surface area contributed by atoms with Crippen LogP contribution in [-0.2, 0) is 57.5 Å². The Labute approximate surface area is 325 Å². The highest BCUT2D eigenvalue weighted by Crippen LogP contribution is 2.21. The van der Waals surface area contributed by atoms with Crippen LogP contribution in [0.4, 0.5) is 0 Å². The fraction of sp³-hybridized carbons (Fsp3) is 0.625. The Balaban J connectivity index is 2.17. The van der Waals surface area contributed by atoms with Crippen molar-refractivity contribution in [1.82, 2.24) is 36.4 Å². The monoisotopic (exact) mass is 810 g/mol. The molecule has 57 heavy (non-hydrogen) atoms. The molecule has 316 valence electrons. The van der Waals surface area contributed by atoms with E-state index in [1.54, 1.807) is 0 Å². The second-order valence-corrected chi connectivity index (χ2v) is 13.6. The lowest BCUT2D eigenvalue weighted by Gasteiger charge is -2.30. The molecule has 2 rings (SSSR count). The molecular weight excluding hydrogens is 760 g/mol. The topological polar surface area (TPSA) is 422 Å². The van der Waals surface area contributed by atoms with Crippen LogP contribution in [-0.4, -0.2) is 147 Å². The third-order valence-corrected chi connectivity index (χ3v) is 8.99. The van der Waals surface area contributed by atoms with Crippen LogP contribution < -0.4 is 55.3 Å². The number of carbonyl (C=O) groups excluding carboxylic acids is 11. The molecule has 0 aromatic carbocycles. The van der Waals surface area contributed by atoms with Crippen molar-refractivity contribution in [3.63, 3.8) is 0 Å². The number of nitrogens with one attached hydrogen (secondary N) is 5. The largest absolute Gasteiger partial charge is 0.480 e. The normalized spacial score (nSPS) is 19.4. The summed E-state index contributed by atoms with van der Waals surface area (Å²) in [4.78, 5) is 152. The van der Waals surface area contributed by atoms with Gasteiger partial charge >= 0.3 is 5.97 Å². The van der Waals surface area contributed by atoms with Gasteiger partial charge in [-0.05, 0) is 39.5 Å². The highest BCUT2D eigenvalue weighted by Gasteiger charge is 2.41. The van der Waals surface area contributed by atoms with Crippen molar-refractivity contribution < 1.29 is 62.6 Å². The Kier molecular flexibility index (Phi) is 17.3. The summed E-state index contributed by atoms with van der Waals surface area (Å²) in [5.41, 5.74) is 26.7. The van der Waals surface area contributed by atoms with Gasteiger partial charge in [-0.1, -0.05) is 0 Å². The van der Waals surface area contributed by atoms with Gasteiger partial charge in [0.05, 0.1) is 31.7 Å². The zero-order valence-corrected chi connectivity index (χ0v) is 31.3. The molecule has 16 N–H and O–H groups in total. The number of carbonyl (C=O) groups is 12. The fourth-order valence-electron chi connectivity index (χ4n) is 6.13. The molecule has 0 aromatic rings. The van der Waals surface area contributed by atoms with Gasteiger partial charge in [0.2, 0.25) is 65.0 Å². The zero-order valence-electron chi connectivity index (χ0n) is 31.3. The van der Waals surface area contributed by atoms with Crippen molar-refractivity contribution in [2.24, 2.45) is 28.7 Å². The van der Waals surface area contributed by atoms with E-state index < -0.39 is 145 Å². The zero-order chi connectivity index (χ0) is 43.3. The van der Waals surface area contributed by atoms with E-state index in [1.807, 2.05) is 0 Å². The third kappa shape index (κ3) is 14.0.